The highest BCUT2D eigenvalue weighted by Gasteiger charge is 2.29. The van der Waals surface area contributed by atoms with Crippen LogP contribution < -0.4 is 16.4 Å². The number of hydrogen-bond acceptors (Lipinski definition) is 4. The summed E-state index contributed by atoms with van der Waals surface area (Å²) in [6.45, 7) is 4.50. The first kappa shape index (κ1) is 24.1. The average molecular weight is 419 g/mol. The number of allylic oxidation sites excluding steroid dienone is 4. The molecule has 4 N–H and O–H groups in total. The van der Waals surface area contributed by atoms with Crippen molar-refractivity contribution in [1.29, 1.82) is 0 Å². The Kier molecular flexibility index (Phi) is 9.56. The van der Waals surface area contributed by atoms with Gasteiger partial charge in [-0.1, -0.05) is 24.6 Å². The number of primary amides is 1. The summed E-state index contributed by atoms with van der Waals surface area (Å²) >= 11 is 0. The topological polar surface area (TPSA) is 105 Å². The zero-order valence-electron chi connectivity index (χ0n) is 18.7. The van der Waals surface area contributed by atoms with Gasteiger partial charge in [0.1, 0.15) is 6.04 Å². The van der Waals surface area contributed by atoms with Gasteiger partial charge in [0.2, 0.25) is 17.7 Å². The number of likely N-dealkylation sites (N-methyl/N-ethyl adjacent to an activating group) is 1. The predicted octanol–water partition coefficient (Wildman–Crippen LogP) is 2.03. The van der Waals surface area contributed by atoms with Gasteiger partial charge in [-0.05, 0) is 76.8 Å². The SMILES string of the molecule is CC1CCCC2=C1C=CCC2.CNC(C)C(=O)NC1CCCCN(CC(N)=O)C1=O. The van der Waals surface area contributed by atoms with Crippen molar-refractivity contribution in [2.45, 2.75) is 77.3 Å². The normalized spacial score (nSPS) is 24.9. The largest absolute Gasteiger partial charge is 0.368 e. The maximum Gasteiger partial charge on any atom is 0.245 e. The number of nitrogens with two attached hydrogens (primary N) is 1. The zero-order chi connectivity index (χ0) is 22.1. The number of hydrogen-bond donors (Lipinski definition) is 3. The molecule has 3 amide bonds. The molecule has 3 aliphatic rings. The smallest absolute Gasteiger partial charge is 0.245 e. The van der Waals surface area contributed by atoms with E-state index >= 15 is 0 Å². The fraction of sp³-hybridized carbons (Fsp3) is 0.696. The summed E-state index contributed by atoms with van der Waals surface area (Å²) in [5.74, 6) is -0.144. The van der Waals surface area contributed by atoms with Gasteiger partial charge in [0, 0.05) is 6.54 Å². The van der Waals surface area contributed by atoms with Crippen LogP contribution in [0.5, 0.6) is 0 Å². The molecule has 0 aromatic heterocycles. The monoisotopic (exact) mass is 418 g/mol. The standard InChI is InChI=1S/C12H22N4O3.C11H16/c1-8(14-2)11(18)15-9-5-3-4-6-16(12(9)19)7-10(13)17;1-9-5-4-7-10-6-2-3-8-11(9)10/h8-9,14H,3-7H2,1-2H3,(H2,13,17)(H,15,18);3,8-9H,2,4-7H2,1H3. The van der Waals surface area contributed by atoms with Gasteiger partial charge >= 0.3 is 0 Å². The van der Waals surface area contributed by atoms with Crippen molar-refractivity contribution in [3.63, 3.8) is 0 Å². The molecule has 0 radical (unpaired) electrons. The van der Waals surface area contributed by atoms with Gasteiger partial charge in [-0.25, -0.2) is 0 Å². The van der Waals surface area contributed by atoms with E-state index in [1.807, 2.05) is 0 Å². The quantitative estimate of drug-likeness (QED) is 0.635. The fourth-order valence-corrected chi connectivity index (χ4v) is 4.30. The molecule has 0 aromatic rings. The van der Waals surface area contributed by atoms with Gasteiger partial charge in [0.15, 0.2) is 0 Å². The predicted molar refractivity (Wildman–Crippen MR) is 118 cm³/mol. The molecule has 0 spiro atoms. The zero-order valence-corrected chi connectivity index (χ0v) is 18.7. The summed E-state index contributed by atoms with van der Waals surface area (Å²) in [6.07, 6.45) is 13.8. The van der Waals surface area contributed by atoms with E-state index in [-0.39, 0.29) is 24.4 Å². The molecule has 1 saturated heterocycles. The summed E-state index contributed by atoms with van der Waals surface area (Å²) in [7, 11) is 1.68. The van der Waals surface area contributed by atoms with Crippen LogP contribution in [0.25, 0.3) is 0 Å². The van der Waals surface area contributed by atoms with Crippen LogP contribution in [0.3, 0.4) is 0 Å². The highest BCUT2D eigenvalue weighted by Crippen LogP contribution is 2.35. The molecule has 1 fully saturated rings. The first-order valence-electron chi connectivity index (χ1n) is 11.3. The lowest BCUT2D eigenvalue weighted by Crippen LogP contribution is -2.52. The van der Waals surface area contributed by atoms with Crippen LogP contribution in [0.4, 0.5) is 0 Å². The Bertz CT molecular complexity index is 686. The molecule has 7 heteroatoms. The second-order valence-electron chi connectivity index (χ2n) is 8.59. The Balaban J connectivity index is 0.000000244. The fourth-order valence-electron chi connectivity index (χ4n) is 4.30. The third-order valence-corrected chi connectivity index (χ3v) is 6.24. The van der Waals surface area contributed by atoms with Crippen molar-refractivity contribution >= 4 is 17.7 Å². The number of nitrogens with zero attached hydrogens (tertiary/aromatic N) is 1. The minimum Gasteiger partial charge on any atom is -0.368 e. The van der Waals surface area contributed by atoms with Crippen LogP contribution in [0.15, 0.2) is 23.3 Å². The van der Waals surface area contributed by atoms with Crippen molar-refractivity contribution in [2.75, 3.05) is 20.1 Å². The van der Waals surface area contributed by atoms with E-state index in [0.717, 1.165) is 18.8 Å². The summed E-state index contributed by atoms with van der Waals surface area (Å²) in [5.41, 5.74) is 8.55. The molecule has 0 aromatic carbocycles. The molecule has 3 unspecified atom stereocenters. The van der Waals surface area contributed by atoms with E-state index in [2.05, 4.69) is 29.7 Å². The van der Waals surface area contributed by atoms with Crippen molar-refractivity contribution in [3.05, 3.63) is 23.3 Å². The van der Waals surface area contributed by atoms with Gasteiger partial charge in [0.25, 0.3) is 0 Å². The Labute approximate surface area is 180 Å². The summed E-state index contributed by atoms with van der Waals surface area (Å²) in [6, 6.07) is -0.925. The number of carbonyl (C=O) groups is 3. The van der Waals surface area contributed by atoms with Crippen LogP contribution in [0, 0.1) is 5.92 Å². The van der Waals surface area contributed by atoms with Crippen LogP contribution in [0.2, 0.25) is 0 Å². The summed E-state index contributed by atoms with van der Waals surface area (Å²) < 4.78 is 0. The van der Waals surface area contributed by atoms with E-state index < -0.39 is 11.9 Å². The molecule has 30 heavy (non-hydrogen) atoms. The van der Waals surface area contributed by atoms with Gasteiger partial charge in [-0.2, -0.15) is 0 Å². The first-order chi connectivity index (χ1) is 14.3. The minimum atomic E-state index is -0.565. The van der Waals surface area contributed by atoms with E-state index in [4.69, 9.17) is 5.73 Å². The first-order valence-corrected chi connectivity index (χ1v) is 11.3. The molecule has 0 saturated carbocycles. The number of nitrogens with one attached hydrogen (secondary N) is 2. The molecule has 2 aliphatic carbocycles. The molecule has 1 heterocycles. The third kappa shape index (κ3) is 6.97. The molecular weight excluding hydrogens is 380 g/mol. The molecule has 168 valence electrons. The lowest BCUT2D eigenvalue weighted by Gasteiger charge is -2.26. The van der Waals surface area contributed by atoms with E-state index in [9.17, 15) is 14.4 Å². The molecular formula is C23H38N4O3. The number of likely N-dealkylation sites (tertiary alicyclic amines) is 1. The van der Waals surface area contributed by atoms with Gasteiger partial charge in [0.05, 0.1) is 12.6 Å². The van der Waals surface area contributed by atoms with E-state index in [1.54, 1.807) is 25.1 Å². The van der Waals surface area contributed by atoms with Crippen LogP contribution in [-0.2, 0) is 14.4 Å². The van der Waals surface area contributed by atoms with E-state index in [0.29, 0.717) is 13.0 Å². The number of carbonyl (C=O) groups excluding carboxylic acids is 3. The van der Waals surface area contributed by atoms with Crippen molar-refractivity contribution in [2.24, 2.45) is 11.7 Å². The molecule has 1 aliphatic heterocycles. The maximum absolute atomic E-state index is 12.2. The molecule has 3 rings (SSSR count). The van der Waals surface area contributed by atoms with Gasteiger partial charge < -0.3 is 21.3 Å². The summed E-state index contributed by atoms with van der Waals surface area (Å²) in [4.78, 5) is 36.4. The highest BCUT2D eigenvalue weighted by atomic mass is 16.2. The van der Waals surface area contributed by atoms with Gasteiger partial charge in [-0.3, -0.25) is 14.4 Å². The lowest BCUT2D eigenvalue weighted by atomic mass is 9.80. The molecule has 0 bridgehead atoms. The van der Waals surface area contributed by atoms with Crippen molar-refractivity contribution in [1.82, 2.24) is 15.5 Å². The number of amides is 3. The second kappa shape index (κ2) is 11.9. The Hall–Kier alpha value is -2.15. The average Bonchev–Trinajstić information content (AvgIpc) is 2.90. The van der Waals surface area contributed by atoms with Crippen molar-refractivity contribution < 1.29 is 14.4 Å². The van der Waals surface area contributed by atoms with Crippen LogP contribution >= 0.6 is 0 Å². The number of rotatable bonds is 5. The Morgan fingerprint density at radius 1 is 1.23 bits per heavy atom. The maximum atomic E-state index is 12.2. The van der Waals surface area contributed by atoms with Crippen LogP contribution in [0.1, 0.15) is 65.2 Å². The van der Waals surface area contributed by atoms with Gasteiger partial charge in [-0.15, -0.1) is 0 Å². The summed E-state index contributed by atoms with van der Waals surface area (Å²) in [5, 5.41) is 5.53. The van der Waals surface area contributed by atoms with E-state index in [1.165, 1.54) is 37.0 Å². The Morgan fingerprint density at radius 2 is 2.00 bits per heavy atom. The molecule has 7 nitrogen and oxygen atoms in total. The minimum absolute atomic E-state index is 0.0905. The third-order valence-electron chi connectivity index (χ3n) is 6.24. The lowest BCUT2D eigenvalue weighted by molar-refractivity contribution is -0.138. The van der Waals surface area contributed by atoms with Crippen molar-refractivity contribution in [3.8, 4) is 0 Å². The van der Waals surface area contributed by atoms with Crippen LogP contribution in [-0.4, -0.2) is 54.8 Å². The Morgan fingerprint density at radius 3 is 2.67 bits per heavy atom. The molecule has 3 atom stereocenters. The second-order valence-corrected chi connectivity index (χ2v) is 8.59. The highest BCUT2D eigenvalue weighted by molar-refractivity contribution is 5.91.